The van der Waals surface area contributed by atoms with E-state index in [9.17, 15) is 4.79 Å². The van der Waals surface area contributed by atoms with Gasteiger partial charge in [-0.05, 0) is 79.9 Å². The van der Waals surface area contributed by atoms with Crippen molar-refractivity contribution in [2.45, 2.75) is 63.5 Å². The molecular formula is C23H30ClN7O2. The summed E-state index contributed by atoms with van der Waals surface area (Å²) in [5.41, 5.74) is 4.31. The van der Waals surface area contributed by atoms with E-state index in [-0.39, 0.29) is 24.4 Å². The number of nitrogens with zero attached hydrogens (tertiary/aromatic N) is 5. The lowest BCUT2D eigenvalue weighted by atomic mass is 9.91. The first kappa shape index (κ1) is 23.2. The van der Waals surface area contributed by atoms with Crippen LogP contribution in [0.4, 0.5) is 11.8 Å². The van der Waals surface area contributed by atoms with Crippen LogP contribution >= 0.6 is 12.4 Å². The summed E-state index contributed by atoms with van der Waals surface area (Å²) in [5.74, 6) is 1.69. The number of carbonyl (C=O) groups excluding carboxylic acids is 1. The minimum Gasteiger partial charge on any atom is -0.362 e. The van der Waals surface area contributed by atoms with Crippen molar-refractivity contribution in [1.82, 2.24) is 25.6 Å². The Morgan fingerprint density at radius 2 is 1.73 bits per heavy atom. The van der Waals surface area contributed by atoms with Crippen molar-refractivity contribution in [3.63, 3.8) is 0 Å². The van der Waals surface area contributed by atoms with Crippen LogP contribution in [-0.4, -0.2) is 52.4 Å². The van der Waals surface area contributed by atoms with E-state index in [2.05, 4.69) is 25.8 Å². The summed E-state index contributed by atoms with van der Waals surface area (Å²) in [5, 5.41) is 14.3. The van der Waals surface area contributed by atoms with Gasteiger partial charge in [-0.25, -0.2) is 9.61 Å². The second kappa shape index (κ2) is 9.91. The average Bonchev–Trinajstić information content (AvgIpc) is 3.27. The van der Waals surface area contributed by atoms with Gasteiger partial charge in [0, 0.05) is 37.3 Å². The Labute approximate surface area is 199 Å². The molecule has 2 heterocycles. The SMILES string of the molecule is CN(C)c1nc(NC2CCC(NC(=O)c3ccc4nonc4c3)CC2)nc2c1CCCC2.Cl. The van der Waals surface area contributed by atoms with Crippen LogP contribution in [0.3, 0.4) is 0 Å². The lowest BCUT2D eigenvalue weighted by molar-refractivity contribution is 0.0926. The van der Waals surface area contributed by atoms with E-state index in [0.29, 0.717) is 22.6 Å². The molecule has 1 amide bonds. The largest absolute Gasteiger partial charge is 0.362 e. The summed E-state index contributed by atoms with van der Waals surface area (Å²) in [7, 11) is 4.09. The van der Waals surface area contributed by atoms with Gasteiger partial charge in [0.2, 0.25) is 5.95 Å². The Kier molecular flexibility index (Phi) is 6.97. The molecule has 3 aromatic rings. The van der Waals surface area contributed by atoms with E-state index in [0.717, 1.165) is 50.3 Å². The number of hydrogen-bond acceptors (Lipinski definition) is 8. The summed E-state index contributed by atoms with van der Waals surface area (Å²) in [6, 6.07) is 5.70. The van der Waals surface area contributed by atoms with Crippen molar-refractivity contribution < 1.29 is 9.42 Å². The Balaban J connectivity index is 0.00000259. The molecule has 0 saturated heterocycles. The van der Waals surface area contributed by atoms with Crippen LogP contribution in [-0.2, 0) is 12.8 Å². The fourth-order valence-electron chi connectivity index (χ4n) is 4.77. The van der Waals surface area contributed by atoms with Gasteiger partial charge in [0.1, 0.15) is 16.9 Å². The molecule has 2 N–H and O–H groups in total. The Bertz CT molecular complexity index is 1130. The van der Waals surface area contributed by atoms with Gasteiger partial charge in [0.15, 0.2) is 0 Å². The van der Waals surface area contributed by atoms with Gasteiger partial charge in [-0.15, -0.1) is 12.4 Å². The van der Waals surface area contributed by atoms with Gasteiger partial charge >= 0.3 is 0 Å². The monoisotopic (exact) mass is 471 g/mol. The van der Waals surface area contributed by atoms with Gasteiger partial charge in [-0.3, -0.25) is 4.79 Å². The summed E-state index contributed by atoms with van der Waals surface area (Å²) in [6.45, 7) is 0. The van der Waals surface area contributed by atoms with Gasteiger partial charge in [0.05, 0.1) is 5.69 Å². The zero-order chi connectivity index (χ0) is 22.1. The molecule has 9 nitrogen and oxygen atoms in total. The summed E-state index contributed by atoms with van der Waals surface area (Å²) in [6.07, 6.45) is 8.27. The van der Waals surface area contributed by atoms with Crippen molar-refractivity contribution in [1.29, 1.82) is 0 Å². The number of hydrogen-bond donors (Lipinski definition) is 2. The second-order valence-electron chi connectivity index (χ2n) is 9.03. The molecule has 2 aromatic heterocycles. The molecule has 0 unspecified atom stereocenters. The van der Waals surface area contributed by atoms with Crippen molar-refractivity contribution >= 4 is 41.1 Å². The summed E-state index contributed by atoms with van der Waals surface area (Å²) in [4.78, 5) is 24.4. The average molecular weight is 472 g/mol. The minimum atomic E-state index is -0.0834. The smallest absolute Gasteiger partial charge is 0.251 e. The molecule has 0 atom stereocenters. The van der Waals surface area contributed by atoms with E-state index in [1.54, 1.807) is 18.2 Å². The van der Waals surface area contributed by atoms with E-state index >= 15 is 0 Å². The first-order chi connectivity index (χ1) is 15.6. The highest BCUT2D eigenvalue weighted by Crippen LogP contribution is 2.29. The summed E-state index contributed by atoms with van der Waals surface area (Å²) >= 11 is 0. The van der Waals surface area contributed by atoms with Crippen LogP contribution < -0.4 is 15.5 Å². The third-order valence-electron chi connectivity index (χ3n) is 6.50. The van der Waals surface area contributed by atoms with Crippen LogP contribution in [0.2, 0.25) is 0 Å². The van der Waals surface area contributed by atoms with E-state index in [1.165, 1.54) is 24.1 Å². The van der Waals surface area contributed by atoms with Crippen LogP contribution in [0, 0.1) is 0 Å². The number of halogens is 1. The first-order valence-corrected chi connectivity index (χ1v) is 11.4. The second-order valence-corrected chi connectivity index (χ2v) is 9.03. The highest BCUT2D eigenvalue weighted by molar-refractivity contribution is 5.97. The Hall–Kier alpha value is -2.94. The maximum absolute atomic E-state index is 12.7. The highest BCUT2D eigenvalue weighted by Gasteiger charge is 2.25. The van der Waals surface area contributed by atoms with Crippen molar-refractivity contribution in [3.05, 3.63) is 35.0 Å². The number of fused-ring (bicyclic) bond motifs is 2. The Morgan fingerprint density at radius 3 is 2.52 bits per heavy atom. The third kappa shape index (κ3) is 5.03. The standard InChI is InChI=1S/C23H29N7O2.ClH/c1-30(2)21-17-5-3-4-6-18(17)26-23(27-21)25-16-10-8-15(9-11-16)24-22(31)14-7-12-19-20(13-14)29-32-28-19;/h7,12-13,15-16H,3-6,8-11H2,1-2H3,(H,24,31)(H,25,26,27);1H. The fourth-order valence-corrected chi connectivity index (χ4v) is 4.77. The van der Waals surface area contributed by atoms with Gasteiger partial charge in [0.25, 0.3) is 5.91 Å². The molecule has 1 aromatic carbocycles. The van der Waals surface area contributed by atoms with Crippen LogP contribution in [0.1, 0.15) is 60.1 Å². The van der Waals surface area contributed by atoms with Gasteiger partial charge < -0.3 is 15.5 Å². The maximum Gasteiger partial charge on any atom is 0.251 e. The molecule has 0 aliphatic heterocycles. The molecule has 1 fully saturated rings. The lowest BCUT2D eigenvalue weighted by Gasteiger charge is -2.30. The fraction of sp³-hybridized carbons (Fsp3) is 0.522. The molecule has 1 saturated carbocycles. The van der Waals surface area contributed by atoms with Crippen LogP contribution in [0.15, 0.2) is 22.8 Å². The molecule has 2 aliphatic carbocycles. The lowest BCUT2D eigenvalue weighted by Crippen LogP contribution is -2.40. The van der Waals surface area contributed by atoms with Crippen molar-refractivity contribution in [2.75, 3.05) is 24.3 Å². The molecule has 2 aliphatic rings. The number of anilines is 2. The summed E-state index contributed by atoms with van der Waals surface area (Å²) < 4.78 is 4.71. The predicted octanol–water partition coefficient (Wildman–Crippen LogP) is 3.53. The molecule has 10 heteroatoms. The van der Waals surface area contributed by atoms with E-state index < -0.39 is 0 Å². The molecule has 33 heavy (non-hydrogen) atoms. The topological polar surface area (TPSA) is 109 Å². The third-order valence-corrected chi connectivity index (χ3v) is 6.50. The van der Waals surface area contributed by atoms with E-state index in [4.69, 9.17) is 14.6 Å². The van der Waals surface area contributed by atoms with Gasteiger partial charge in [-0.2, -0.15) is 4.98 Å². The molecule has 5 rings (SSSR count). The van der Waals surface area contributed by atoms with Crippen LogP contribution in [0.5, 0.6) is 0 Å². The normalized spacial score (nSPS) is 19.9. The van der Waals surface area contributed by atoms with Crippen molar-refractivity contribution in [3.8, 4) is 0 Å². The first-order valence-electron chi connectivity index (χ1n) is 11.4. The zero-order valence-corrected chi connectivity index (χ0v) is 19.8. The van der Waals surface area contributed by atoms with Crippen LogP contribution in [0.25, 0.3) is 11.0 Å². The number of aryl methyl sites for hydroxylation is 1. The number of nitrogens with one attached hydrogen (secondary N) is 2. The number of carbonyl (C=O) groups is 1. The molecule has 0 radical (unpaired) electrons. The number of amides is 1. The minimum absolute atomic E-state index is 0. The molecule has 176 valence electrons. The predicted molar refractivity (Wildman–Crippen MR) is 129 cm³/mol. The molecular weight excluding hydrogens is 442 g/mol. The van der Waals surface area contributed by atoms with Crippen molar-refractivity contribution in [2.24, 2.45) is 0 Å². The zero-order valence-electron chi connectivity index (χ0n) is 19.0. The number of aromatic nitrogens is 4. The van der Waals surface area contributed by atoms with Gasteiger partial charge in [-0.1, -0.05) is 0 Å². The number of benzene rings is 1. The molecule has 0 bridgehead atoms. The van der Waals surface area contributed by atoms with E-state index in [1.807, 2.05) is 14.1 Å². The molecule has 0 spiro atoms. The quantitative estimate of drug-likeness (QED) is 0.581. The maximum atomic E-state index is 12.7. The number of rotatable bonds is 5. The Morgan fingerprint density at radius 1 is 1.00 bits per heavy atom. The highest BCUT2D eigenvalue weighted by atomic mass is 35.5.